The normalized spacial score (nSPS) is 12.6. The Labute approximate surface area is 158 Å². The Bertz CT molecular complexity index is 947. The van der Waals surface area contributed by atoms with E-state index in [-0.39, 0.29) is 11.9 Å². The van der Waals surface area contributed by atoms with Crippen LogP contribution in [0, 0.1) is 0 Å². The van der Waals surface area contributed by atoms with Crippen molar-refractivity contribution in [3.05, 3.63) is 53.5 Å². The number of rotatable bonds is 6. The molecule has 0 fully saturated rings. The van der Waals surface area contributed by atoms with Crippen molar-refractivity contribution in [2.75, 3.05) is 10.6 Å². The number of hydrogen-bond acceptors (Lipinski definition) is 5. The Morgan fingerprint density at radius 2 is 2.00 bits per heavy atom. The van der Waals surface area contributed by atoms with Crippen molar-refractivity contribution in [3.8, 4) is 0 Å². The van der Waals surface area contributed by atoms with Gasteiger partial charge in [-0.15, -0.1) is 0 Å². The first kappa shape index (κ1) is 19.5. The van der Waals surface area contributed by atoms with Gasteiger partial charge in [-0.1, -0.05) is 19.1 Å². The minimum atomic E-state index is -4.57. The lowest BCUT2D eigenvalue weighted by Crippen LogP contribution is -2.19. The zero-order valence-electron chi connectivity index (χ0n) is 15.1. The number of carbonyl (C=O) groups excluding carboxylic acids is 1. The topological polar surface area (TPSA) is 95.8 Å². The van der Waals surface area contributed by atoms with Crippen LogP contribution < -0.4 is 10.6 Å². The van der Waals surface area contributed by atoms with Crippen LogP contribution in [-0.2, 0) is 17.4 Å². The number of nitrogens with zero attached hydrogens (tertiary/aromatic N) is 2. The summed E-state index contributed by atoms with van der Waals surface area (Å²) in [7, 11) is 0. The number of anilines is 3. The predicted molar refractivity (Wildman–Crippen MR) is 96.2 cm³/mol. The maximum Gasteiger partial charge on any atom is 0.436 e. The number of nitrogens with one attached hydrogen (secondary N) is 3. The SMILES string of the molecule is CCc1cc(NC(=O)C(C)c2ccc(Nc3nc(C(F)(F)F)co3)cc2)[nH]n1. The van der Waals surface area contributed by atoms with Crippen LogP contribution in [-0.4, -0.2) is 21.1 Å². The lowest BCUT2D eigenvalue weighted by molar-refractivity contribution is -0.141. The number of benzene rings is 1. The quantitative estimate of drug-likeness (QED) is 0.574. The molecule has 3 N–H and O–H groups in total. The number of amides is 1. The molecule has 0 bridgehead atoms. The van der Waals surface area contributed by atoms with E-state index in [0.29, 0.717) is 17.8 Å². The summed E-state index contributed by atoms with van der Waals surface area (Å²) >= 11 is 0. The van der Waals surface area contributed by atoms with Crippen molar-refractivity contribution in [1.29, 1.82) is 0 Å². The maximum absolute atomic E-state index is 12.5. The number of aromatic amines is 1. The van der Waals surface area contributed by atoms with Gasteiger partial charge in [-0.25, -0.2) is 0 Å². The van der Waals surface area contributed by atoms with Gasteiger partial charge in [0.1, 0.15) is 12.1 Å². The molecule has 1 aromatic carbocycles. The van der Waals surface area contributed by atoms with Crippen LogP contribution in [0.5, 0.6) is 0 Å². The van der Waals surface area contributed by atoms with E-state index in [9.17, 15) is 18.0 Å². The molecule has 0 aliphatic rings. The summed E-state index contributed by atoms with van der Waals surface area (Å²) in [4.78, 5) is 15.7. The molecular formula is C18H18F3N5O2. The van der Waals surface area contributed by atoms with Gasteiger partial charge < -0.3 is 15.1 Å². The first-order valence-electron chi connectivity index (χ1n) is 8.51. The van der Waals surface area contributed by atoms with Gasteiger partial charge in [0.2, 0.25) is 5.91 Å². The van der Waals surface area contributed by atoms with E-state index in [1.54, 1.807) is 37.3 Å². The third-order valence-corrected chi connectivity index (χ3v) is 4.10. The smallest absolute Gasteiger partial charge is 0.431 e. The Balaban J connectivity index is 1.62. The molecule has 28 heavy (non-hydrogen) atoms. The Hall–Kier alpha value is -3.30. The Kier molecular flexibility index (Phi) is 5.39. The molecule has 7 nitrogen and oxygen atoms in total. The third-order valence-electron chi connectivity index (χ3n) is 4.10. The molecule has 3 rings (SSSR count). The van der Waals surface area contributed by atoms with Gasteiger partial charge in [0, 0.05) is 11.8 Å². The molecule has 0 saturated heterocycles. The standard InChI is InChI=1S/C18H18F3N5O2/c1-3-12-8-15(26-25-12)24-16(27)10(2)11-4-6-13(7-5-11)22-17-23-14(9-28-17)18(19,20)21/h4-10H,3H2,1-2H3,(H,22,23)(H2,24,25,26,27). The molecule has 0 saturated carbocycles. The first-order chi connectivity index (χ1) is 13.3. The molecule has 0 aliphatic carbocycles. The average molecular weight is 393 g/mol. The predicted octanol–water partition coefficient (Wildman–Crippen LogP) is 4.46. The number of carbonyl (C=O) groups is 1. The van der Waals surface area contributed by atoms with Gasteiger partial charge in [-0.3, -0.25) is 9.89 Å². The van der Waals surface area contributed by atoms with Crippen LogP contribution in [0.1, 0.15) is 36.7 Å². The van der Waals surface area contributed by atoms with Crippen molar-refractivity contribution >= 4 is 23.4 Å². The summed E-state index contributed by atoms with van der Waals surface area (Å²) in [5.41, 5.74) is 0.954. The Morgan fingerprint density at radius 1 is 1.29 bits per heavy atom. The zero-order valence-corrected chi connectivity index (χ0v) is 15.1. The summed E-state index contributed by atoms with van der Waals surface area (Å²) in [6, 6.07) is 8.15. The van der Waals surface area contributed by atoms with Gasteiger partial charge in [-0.2, -0.15) is 23.3 Å². The number of halogens is 3. The van der Waals surface area contributed by atoms with E-state index >= 15 is 0 Å². The summed E-state index contributed by atoms with van der Waals surface area (Å²) in [5.74, 6) is -0.133. The second-order valence-electron chi connectivity index (χ2n) is 6.12. The van der Waals surface area contributed by atoms with Crippen molar-refractivity contribution in [2.24, 2.45) is 0 Å². The van der Waals surface area contributed by atoms with E-state index in [0.717, 1.165) is 17.7 Å². The summed E-state index contributed by atoms with van der Waals surface area (Å²) in [5, 5.41) is 12.2. The number of aromatic nitrogens is 3. The summed E-state index contributed by atoms with van der Waals surface area (Å²) in [6.45, 7) is 3.71. The van der Waals surface area contributed by atoms with Gasteiger partial charge in [0.05, 0.1) is 11.6 Å². The fourth-order valence-corrected chi connectivity index (χ4v) is 2.44. The summed E-state index contributed by atoms with van der Waals surface area (Å²) < 4.78 is 42.4. The molecule has 1 atom stereocenters. The molecule has 3 aromatic rings. The maximum atomic E-state index is 12.5. The molecule has 10 heteroatoms. The van der Waals surface area contributed by atoms with E-state index in [2.05, 4.69) is 25.8 Å². The third kappa shape index (κ3) is 4.51. The van der Waals surface area contributed by atoms with Crippen LogP contribution in [0.2, 0.25) is 0 Å². The molecule has 0 spiro atoms. The lowest BCUT2D eigenvalue weighted by Gasteiger charge is -2.12. The van der Waals surface area contributed by atoms with E-state index in [1.807, 2.05) is 6.92 Å². The monoisotopic (exact) mass is 393 g/mol. The number of alkyl halides is 3. The molecule has 1 unspecified atom stereocenters. The van der Waals surface area contributed by atoms with E-state index in [4.69, 9.17) is 4.42 Å². The lowest BCUT2D eigenvalue weighted by atomic mass is 10.00. The summed E-state index contributed by atoms with van der Waals surface area (Å²) in [6.07, 6.45) is -3.27. The van der Waals surface area contributed by atoms with Crippen molar-refractivity contribution in [3.63, 3.8) is 0 Å². The van der Waals surface area contributed by atoms with Crippen LogP contribution in [0.4, 0.5) is 30.7 Å². The van der Waals surface area contributed by atoms with Crippen molar-refractivity contribution in [1.82, 2.24) is 15.2 Å². The van der Waals surface area contributed by atoms with Gasteiger partial charge in [-0.05, 0) is 31.0 Å². The second kappa shape index (κ2) is 7.75. The van der Waals surface area contributed by atoms with E-state index < -0.39 is 17.8 Å². The second-order valence-corrected chi connectivity index (χ2v) is 6.12. The van der Waals surface area contributed by atoms with Gasteiger partial charge in [0.25, 0.3) is 6.01 Å². The van der Waals surface area contributed by atoms with Crippen molar-refractivity contribution in [2.45, 2.75) is 32.4 Å². The number of hydrogen-bond donors (Lipinski definition) is 3. The highest BCUT2D eigenvalue weighted by atomic mass is 19.4. The average Bonchev–Trinajstić information content (AvgIpc) is 3.31. The first-order valence-corrected chi connectivity index (χ1v) is 8.51. The minimum absolute atomic E-state index is 0.213. The molecule has 2 aromatic heterocycles. The van der Waals surface area contributed by atoms with E-state index in [1.165, 1.54) is 0 Å². The molecule has 1 amide bonds. The van der Waals surface area contributed by atoms with Gasteiger partial charge in [0.15, 0.2) is 5.69 Å². The molecule has 0 radical (unpaired) electrons. The number of H-pyrrole nitrogens is 1. The molecule has 2 heterocycles. The minimum Gasteiger partial charge on any atom is -0.431 e. The highest BCUT2D eigenvalue weighted by Crippen LogP contribution is 2.30. The molecule has 0 aliphatic heterocycles. The largest absolute Gasteiger partial charge is 0.436 e. The fraction of sp³-hybridized carbons (Fsp3) is 0.278. The highest BCUT2D eigenvalue weighted by Gasteiger charge is 2.34. The number of oxazole rings is 1. The van der Waals surface area contributed by atoms with Crippen LogP contribution in [0.3, 0.4) is 0 Å². The highest BCUT2D eigenvalue weighted by molar-refractivity contribution is 5.94. The van der Waals surface area contributed by atoms with Crippen molar-refractivity contribution < 1.29 is 22.4 Å². The molecular weight excluding hydrogens is 375 g/mol. The zero-order chi connectivity index (χ0) is 20.3. The Morgan fingerprint density at radius 3 is 2.57 bits per heavy atom. The van der Waals surface area contributed by atoms with Crippen LogP contribution in [0.15, 0.2) is 41.0 Å². The van der Waals surface area contributed by atoms with Crippen LogP contribution in [0.25, 0.3) is 0 Å². The fourth-order valence-electron chi connectivity index (χ4n) is 2.44. The number of aryl methyl sites for hydroxylation is 1. The van der Waals surface area contributed by atoms with Gasteiger partial charge >= 0.3 is 6.18 Å². The molecule has 148 valence electrons. The van der Waals surface area contributed by atoms with Crippen LogP contribution >= 0.6 is 0 Å².